The highest BCUT2D eigenvalue weighted by molar-refractivity contribution is 14.1. The van der Waals surface area contributed by atoms with E-state index in [2.05, 4.69) is 22.6 Å². The molecule has 1 heterocycles. The van der Waals surface area contributed by atoms with E-state index in [4.69, 9.17) is 5.11 Å². The van der Waals surface area contributed by atoms with Crippen molar-refractivity contribution in [2.45, 2.75) is 32.7 Å². The summed E-state index contributed by atoms with van der Waals surface area (Å²) in [5, 5.41) is 9.07. The number of amides is 1. The Morgan fingerprint density at radius 1 is 1.40 bits per heavy atom. The van der Waals surface area contributed by atoms with Crippen LogP contribution in [-0.4, -0.2) is 34.5 Å². The SMILES string of the molecule is Cc1cccc(C(=O)N2CCC(C(=O)O)CC2C)c1I. The van der Waals surface area contributed by atoms with Crippen LogP contribution in [0.15, 0.2) is 18.2 Å². The van der Waals surface area contributed by atoms with Crippen molar-refractivity contribution in [2.24, 2.45) is 5.92 Å². The number of nitrogens with zero attached hydrogens (tertiary/aromatic N) is 1. The van der Waals surface area contributed by atoms with Crippen LogP contribution in [-0.2, 0) is 4.79 Å². The lowest BCUT2D eigenvalue weighted by molar-refractivity contribution is -0.143. The maximum atomic E-state index is 12.6. The summed E-state index contributed by atoms with van der Waals surface area (Å²) in [5.74, 6) is -1.07. The van der Waals surface area contributed by atoms with Crippen LogP contribution < -0.4 is 0 Å². The van der Waals surface area contributed by atoms with E-state index in [1.54, 1.807) is 4.90 Å². The van der Waals surface area contributed by atoms with Gasteiger partial charge in [0.15, 0.2) is 0 Å². The molecule has 108 valence electrons. The van der Waals surface area contributed by atoms with Crippen molar-refractivity contribution in [3.8, 4) is 0 Å². The molecule has 2 unspecified atom stereocenters. The molecule has 1 saturated heterocycles. The number of rotatable bonds is 2. The number of aryl methyl sites for hydroxylation is 1. The number of halogens is 1. The molecular weight excluding hydrogens is 369 g/mol. The Morgan fingerprint density at radius 3 is 2.70 bits per heavy atom. The highest BCUT2D eigenvalue weighted by Gasteiger charge is 2.33. The number of carboxylic acids is 1. The molecule has 1 aromatic carbocycles. The van der Waals surface area contributed by atoms with Gasteiger partial charge in [0.1, 0.15) is 0 Å². The molecule has 0 radical (unpaired) electrons. The summed E-state index contributed by atoms with van der Waals surface area (Å²) < 4.78 is 0.975. The molecule has 0 spiro atoms. The van der Waals surface area contributed by atoms with Crippen LogP contribution in [0.5, 0.6) is 0 Å². The van der Waals surface area contributed by atoms with Crippen LogP contribution in [0.3, 0.4) is 0 Å². The molecule has 1 aromatic rings. The van der Waals surface area contributed by atoms with Gasteiger partial charge in [0, 0.05) is 16.2 Å². The second-order valence-electron chi connectivity index (χ2n) is 5.34. The summed E-state index contributed by atoms with van der Waals surface area (Å²) >= 11 is 2.20. The largest absolute Gasteiger partial charge is 0.481 e. The Kier molecular flexibility index (Phi) is 4.67. The van der Waals surface area contributed by atoms with Gasteiger partial charge in [0.2, 0.25) is 0 Å². The van der Waals surface area contributed by atoms with E-state index in [0.29, 0.717) is 24.9 Å². The first-order chi connectivity index (χ1) is 9.41. The van der Waals surface area contributed by atoms with Gasteiger partial charge < -0.3 is 10.0 Å². The number of benzene rings is 1. The molecule has 0 bridgehead atoms. The molecule has 4 nitrogen and oxygen atoms in total. The van der Waals surface area contributed by atoms with Crippen LogP contribution in [0.25, 0.3) is 0 Å². The van der Waals surface area contributed by atoms with E-state index >= 15 is 0 Å². The predicted octanol–water partition coefficient (Wildman–Crippen LogP) is 2.92. The van der Waals surface area contributed by atoms with Gasteiger partial charge in [0.05, 0.1) is 11.5 Å². The van der Waals surface area contributed by atoms with Crippen LogP contribution >= 0.6 is 22.6 Å². The van der Waals surface area contributed by atoms with Gasteiger partial charge in [-0.3, -0.25) is 9.59 Å². The van der Waals surface area contributed by atoms with E-state index in [1.807, 2.05) is 32.0 Å². The molecule has 1 fully saturated rings. The van der Waals surface area contributed by atoms with Crippen LogP contribution in [0, 0.1) is 16.4 Å². The monoisotopic (exact) mass is 387 g/mol. The Balaban J connectivity index is 2.18. The normalized spacial score (nSPS) is 22.6. The maximum absolute atomic E-state index is 12.6. The van der Waals surface area contributed by atoms with E-state index < -0.39 is 5.97 Å². The Labute approximate surface area is 132 Å². The summed E-state index contributed by atoms with van der Waals surface area (Å²) in [6.07, 6.45) is 1.07. The van der Waals surface area contributed by atoms with Gasteiger partial charge in [-0.25, -0.2) is 0 Å². The number of aliphatic carboxylic acids is 1. The van der Waals surface area contributed by atoms with Gasteiger partial charge in [-0.15, -0.1) is 0 Å². The minimum absolute atomic E-state index is 0.00874. The van der Waals surface area contributed by atoms with Gasteiger partial charge in [0.25, 0.3) is 5.91 Å². The quantitative estimate of drug-likeness (QED) is 0.794. The molecule has 2 rings (SSSR count). The topological polar surface area (TPSA) is 57.6 Å². The zero-order chi connectivity index (χ0) is 14.9. The van der Waals surface area contributed by atoms with E-state index in [-0.39, 0.29) is 17.9 Å². The Hall–Kier alpha value is -1.11. The first-order valence-electron chi connectivity index (χ1n) is 6.70. The molecule has 5 heteroatoms. The van der Waals surface area contributed by atoms with E-state index in [9.17, 15) is 9.59 Å². The number of carbonyl (C=O) groups is 2. The third-order valence-corrected chi connectivity index (χ3v) is 5.34. The van der Waals surface area contributed by atoms with Gasteiger partial charge in [-0.05, 0) is 60.9 Å². The highest BCUT2D eigenvalue weighted by atomic mass is 127. The Bertz CT molecular complexity index is 544. The average molecular weight is 387 g/mol. The summed E-state index contributed by atoms with van der Waals surface area (Å²) in [6.45, 7) is 4.43. The molecule has 1 N–H and O–H groups in total. The number of likely N-dealkylation sites (tertiary alicyclic amines) is 1. The zero-order valence-corrected chi connectivity index (χ0v) is 13.8. The minimum atomic E-state index is -0.755. The third kappa shape index (κ3) is 2.97. The van der Waals surface area contributed by atoms with Crippen molar-refractivity contribution in [1.82, 2.24) is 4.90 Å². The predicted molar refractivity (Wildman–Crippen MR) is 84.8 cm³/mol. The number of carboxylic acid groups (broad SMARTS) is 1. The number of piperidine rings is 1. The van der Waals surface area contributed by atoms with Gasteiger partial charge >= 0.3 is 5.97 Å². The minimum Gasteiger partial charge on any atom is -0.481 e. The highest BCUT2D eigenvalue weighted by Crippen LogP contribution is 2.26. The lowest BCUT2D eigenvalue weighted by Crippen LogP contribution is -2.46. The second-order valence-corrected chi connectivity index (χ2v) is 6.42. The number of carbonyl (C=O) groups excluding carboxylic acids is 1. The lowest BCUT2D eigenvalue weighted by atomic mass is 9.91. The summed E-state index contributed by atoms with van der Waals surface area (Å²) in [7, 11) is 0. The van der Waals surface area contributed by atoms with E-state index in [0.717, 1.165) is 9.13 Å². The molecule has 2 atom stereocenters. The van der Waals surface area contributed by atoms with Crippen molar-refractivity contribution in [3.05, 3.63) is 32.9 Å². The van der Waals surface area contributed by atoms with Gasteiger partial charge in [-0.2, -0.15) is 0 Å². The third-order valence-electron chi connectivity index (χ3n) is 3.91. The first kappa shape index (κ1) is 15.3. The van der Waals surface area contributed by atoms with Crippen LogP contribution in [0.4, 0.5) is 0 Å². The van der Waals surface area contributed by atoms with Crippen molar-refractivity contribution >= 4 is 34.5 Å². The fourth-order valence-electron chi connectivity index (χ4n) is 2.67. The summed E-state index contributed by atoms with van der Waals surface area (Å²) in [4.78, 5) is 25.5. The van der Waals surface area contributed by atoms with Crippen LogP contribution in [0.2, 0.25) is 0 Å². The molecule has 0 saturated carbocycles. The van der Waals surface area contributed by atoms with Crippen molar-refractivity contribution in [2.75, 3.05) is 6.54 Å². The molecule has 1 aliphatic heterocycles. The summed E-state index contributed by atoms with van der Waals surface area (Å²) in [6, 6.07) is 5.68. The van der Waals surface area contributed by atoms with E-state index in [1.165, 1.54) is 0 Å². The number of hydrogen-bond acceptors (Lipinski definition) is 2. The number of hydrogen-bond donors (Lipinski definition) is 1. The molecule has 0 aromatic heterocycles. The lowest BCUT2D eigenvalue weighted by Gasteiger charge is -2.36. The van der Waals surface area contributed by atoms with Crippen molar-refractivity contribution in [3.63, 3.8) is 0 Å². The van der Waals surface area contributed by atoms with Crippen molar-refractivity contribution < 1.29 is 14.7 Å². The summed E-state index contributed by atoms with van der Waals surface area (Å²) in [5.41, 5.74) is 1.80. The zero-order valence-electron chi connectivity index (χ0n) is 11.6. The van der Waals surface area contributed by atoms with Gasteiger partial charge in [-0.1, -0.05) is 12.1 Å². The molecule has 1 amide bonds. The van der Waals surface area contributed by atoms with Crippen LogP contribution in [0.1, 0.15) is 35.7 Å². The van der Waals surface area contributed by atoms with Crippen molar-refractivity contribution in [1.29, 1.82) is 0 Å². The first-order valence-corrected chi connectivity index (χ1v) is 7.78. The molecular formula is C15H18INO3. The molecule has 0 aliphatic carbocycles. The molecule has 20 heavy (non-hydrogen) atoms. The average Bonchev–Trinajstić information content (AvgIpc) is 2.41. The smallest absolute Gasteiger partial charge is 0.306 e. The molecule has 1 aliphatic rings. The fraction of sp³-hybridized carbons (Fsp3) is 0.467. The standard InChI is InChI=1S/C15H18INO3/c1-9-4-3-5-12(13(9)16)14(18)17-7-6-11(15(19)20)8-10(17)2/h3-5,10-11H,6-8H2,1-2H3,(H,19,20). The second kappa shape index (κ2) is 6.11. The Morgan fingerprint density at radius 2 is 2.10 bits per heavy atom. The maximum Gasteiger partial charge on any atom is 0.306 e. The fourth-order valence-corrected chi connectivity index (χ4v) is 3.26.